The van der Waals surface area contributed by atoms with E-state index in [9.17, 15) is 9.90 Å². The molecule has 148 valence electrons. The minimum atomic E-state index is -0.213. The molecule has 1 atom stereocenters. The molecule has 28 heavy (non-hydrogen) atoms. The van der Waals surface area contributed by atoms with Gasteiger partial charge in [0.15, 0.2) is 0 Å². The van der Waals surface area contributed by atoms with E-state index in [1.165, 1.54) is 0 Å². The lowest BCUT2D eigenvalue weighted by Crippen LogP contribution is -2.28. The van der Waals surface area contributed by atoms with Crippen molar-refractivity contribution < 1.29 is 9.90 Å². The monoisotopic (exact) mass is 379 g/mol. The fourth-order valence-corrected chi connectivity index (χ4v) is 3.33. The maximum absolute atomic E-state index is 12.5. The normalized spacial score (nSPS) is 11.9. The molecule has 2 aromatic rings. The predicted molar refractivity (Wildman–Crippen MR) is 110 cm³/mol. The number of nitrogens with zero attached hydrogens (tertiary/aromatic N) is 2. The number of aliphatic hydroxyl groups is 1. The van der Waals surface area contributed by atoms with Gasteiger partial charge in [-0.2, -0.15) is 5.26 Å². The van der Waals surface area contributed by atoms with Crippen molar-refractivity contribution in [3.8, 4) is 6.07 Å². The van der Waals surface area contributed by atoms with E-state index in [-0.39, 0.29) is 12.5 Å². The molecule has 0 aliphatic heterocycles. The smallest absolute Gasteiger partial charge is 0.269 e. The van der Waals surface area contributed by atoms with Crippen LogP contribution in [-0.4, -0.2) is 22.5 Å². The molecular formula is C23H29N3O2. The van der Waals surface area contributed by atoms with Crippen LogP contribution in [0.15, 0.2) is 36.4 Å². The summed E-state index contributed by atoms with van der Waals surface area (Å²) < 4.78 is 0. The largest absolute Gasteiger partial charge is 0.392 e. The highest BCUT2D eigenvalue weighted by Crippen LogP contribution is 2.18. The Bertz CT molecular complexity index is 823. The molecule has 0 saturated heterocycles. The number of nitriles is 1. The fraction of sp³-hybridized carbons (Fsp3) is 0.435. The number of aromatic nitrogens is 1. The zero-order valence-corrected chi connectivity index (χ0v) is 16.9. The van der Waals surface area contributed by atoms with Crippen LogP contribution in [0.5, 0.6) is 0 Å². The van der Waals surface area contributed by atoms with Crippen LogP contribution >= 0.6 is 0 Å². The van der Waals surface area contributed by atoms with Gasteiger partial charge in [-0.05, 0) is 53.6 Å². The van der Waals surface area contributed by atoms with Gasteiger partial charge in [-0.1, -0.05) is 39.3 Å². The summed E-state index contributed by atoms with van der Waals surface area (Å²) >= 11 is 0. The summed E-state index contributed by atoms with van der Waals surface area (Å²) in [6.45, 7) is 7.06. The highest BCUT2D eigenvalue weighted by atomic mass is 16.3. The first-order chi connectivity index (χ1) is 13.5. The topological polar surface area (TPSA) is 86.0 Å². The molecule has 5 heteroatoms. The minimum absolute atomic E-state index is 0.144. The van der Waals surface area contributed by atoms with Crippen molar-refractivity contribution in [3.05, 3.63) is 64.5 Å². The molecule has 0 aliphatic carbocycles. The van der Waals surface area contributed by atoms with Gasteiger partial charge < -0.3 is 10.4 Å². The van der Waals surface area contributed by atoms with Gasteiger partial charge in [-0.15, -0.1) is 0 Å². The number of rotatable bonds is 9. The van der Waals surface area contributed by atoms with Gasteiger partial charge in [0.2, 0.25) is 0 Å². The van der Waals surface area contributed by atoms with Crippen molar-refractivity contribution in [2.75, 3.05) is 6.54 Å². The average molecular weight is 380 g/mol. The van der Waals surface area contributed by atoms with Gasteiger partial charge >= 0.3 is 0 Å². The first-order valence-corrected chi connectivity index (χ1v) is 9.84. The number of nitrogens with one attached hydrogen (secondary N) is 1. The number of aliphatic hydroxyl groups excluding tert-OH is 1. The molecule has 1 unspecified atom stereocenters. The summed E-state index contributed by atoms with van der Waals surface area (Å²) in [4.78, 5) is 17.0. The maximum Gasteiger partial charge on any atom is 0.269 e. The van der Waals surface area contributed by atoms with Gasteiger partial charge in [0, 0.05) is 18.7 Å². The third-order valence-corrected chi connectivity index (χ3v) is 5.09. The van der Waals surface area contributed by atoms with E-state index >= 15 is 0 Å². The Kier molecular flexibility index (Phi) is 8.16. The predicted octanol–water partition coefficient (Wildman–Crippen LogP) is 3.84. The van der Waals surface area contributed by atoms with Crippen molar-refractivity contribution in [3.63, 3.8) is 0 Å². The molecule has 0 spiro atoms. The lowest BCUT2D eigenvalue weighted by molar-refractivity contribution is 0.0944. The molecule has 0 saturated carbocycles. The Hall–Kier alpha value is -2.71. The Morgan fingerprint density at radius 1 is 1.21 bits per heavy atom. The van der Waals surface area contributed by atoms with E-state index in [2.05, 4.69) is 37.1 Å². The average Bonchev–Trinajstić information content (AvgIpc) is 2.71. The number of amides is 1. The third kappa shape index (κ3) is 6.17. The van der Waals surface area contributed by atoms with Gasteiger partial charge in [-0.25, -0.2) is 4.98 Å². The Balaban J connectivity index is 2.08. The Morgan fingerprint density at radius 2 is 1.93 bits per heavy atom. The van der Waals surface area contributed by atoms with Crippen molar-refractivity contribution in [1.29, 1.82) is 5.26 Å². The number of carbonyl (C=O) groups is 1. The minimum Gasteiger partial charge on any atom is -0.392 e. The summed E-state index contributed by atoms with van der Waals surface area (Å²) in [7, 11) is 0. The zero-order valence-electron chi connectivity index (χ0n) is 16.9. The van der Waals surface area contributed by atoms with Crippen LogP contribution in [0.2, 0.25) is 0 Å². The molecule has 2 rings (SSSR count). The molecule has 1 amide bonds. The van der Waals surface area contributed by atoms with Crippen molar-refractivity contribution in [2.45, 2.75) is 46.6 Å². The molecule has 1 aromatic carbocycles. The molecule has 0 fully saturated rings. The van der Waals surface area contributed by atoms with Gasteiger partial charge in [-0.3, -0.25) is 4.79 Å². The zero-order chi connectivity index (χ0) is 20.5. The van der Waals surface area contributed by atoms with Crippen molar-refractivity contribution in [1.82, 2.24) is 10.3 Å². The van der Waals surface area contributed by atoms with E-state index in [1.54, 1.807) is 24.3 Å². The second-order valence-corrected chi connectivity index (χ2v) is 7.45. The molecule has 0 bridgehead atoms. The van der Waals surface area contributed by atoms with E-state index in [0.717, 1.165) is 24.1 Å². The van der Waals surface area contributed by atoms with Crippen LogP contribution in [0.25, 0.3) is 0 Å². The van der Waals surface area contributed by atoms with E-state index in [1.807, 2.05) is 12.1 Å². The lowest BCUT2D eigenvalue weighted by Gasteiger charge is -2.19. The summed E-state index contributed by atoms with van der Waals surface area (Å²) in [6.07, 6.45) is 2.57. The quantitative estimate of drug-likeness (QED) is 0.693. The molecule has 1 aromatic heterocycles. The molecule has 0 radical (unpaired) electrons. The van der Waals surface area contributed by atoms with Gasteiger partial charge in [0.1, 0.15) is 5.69 Å². The first kappa shape index (κ1) is 21.6. The van der Waals surface area contributed by atoms with Crippen LogP contribution in [0.3, 0.4) is 0 Å². The summed E-state index contributed by atoms with van der Waals surface area (Å²) in [5.74, 6) is 0.968. The maximum atomic E-state index is 12.5. The number of hydrogen-bond donors (Lipinski definition) is 2. The first-order valence-electron chi connectivity index (χ1n) is 9.84. The van der Waals surface area contributed by atoms with E-state index < -0.39 is 0 Å². The third-order valence-electron chi connectivity index (χ3n) is 5.09. The lowest BCUT2D eigenvalue weighted by atomic mass is 9.90. The van der Waals surface area contributed by atoms with Crippen molar-refractivity contribution >= 4 is 5.91 Å². The number of pyridine rings is 1. The number of hydrogen-bond acceptors (Lipinski definition) is 4. The van der Waals surface area contributed by atoms with Crippen LogP contribution in [-0.2, 0) is 13.0 Å². The molecule has 1 heterocycles. The van der Waals surface area contributed by atoms with Gasteiger partial charge in [0.25, 0.3) is 5.91 Å². The molecular weight excluding hydrogens is 350 g/mol. The summed E-state index contributed by atoms with van der Waals surface area (Å²) in [6, 6.07) is 12.8. The number of benzene rings is 1. The van der Waals surface area contributed by atoms with Crippen LogP contribution in [0, 0.1) is 23.2 Å². The Morgan fingerprint density at radius 3 is 2.50 bits per heavy atom. The molecule has 2 N–H and O–H groups in total. The van der Waals surface area contributed by atoms with Crippen molar-refractivity contribution in [2.24, 2.45) is 11.8 Å². The summed E-state index contributed by atoms with van der Waals surface area (Å²) in [5.41, 5.74) is 3.31. The molecule has 5 nitrogen and oxygen atoms in total. The van der Waals surface area contributed by atoms with Crippen LogP contribution in [0.4, 0.5) is 0 Å². The van der Waals surface area contributed by atoms with E-state index in [0.29, 0.717) is 41.6 Å². The highest BCUT2D eigenvalue weighted by molar-refractivity contribution is 5.92. The molecule has 0 aliphatic rings. The summed E-state index contributed by atoms with van der Waals surface area (Å²) in [5, 5.41) is 21.4. The van der Waals surface area contributed by atoms with Gasteiger partial charge in [0.05, 0.1) is 18.2 Å². The van der Waals surface area contributed by atoms with Crippen LogP contribution < -0.4 is 5.32 Å². The standard InChI is InChI=1S/C23H29N3O2/c1-4-20(16(2)3)9-10-25-23(28)22-13-19(15-27)12-21(26-22)11-17-5-7-18(14-24)8-6-17/h5-8,12-13,16,20,27H,4,9-11,15H2,1-3H3,(H,25,28). The highest BCUT2D eigenvalue weighted by Gasteiger charge is 2.14. The van der Waals surface area contributed by atoms with Crippen LogP contribution in [0.1, 0.15) is 66.5 Å². The fourth-order valence-electron chi connectivity index (χ4n) is 3.33. The Labute approximate surface area is 167 Å². The second kappa shape index (κ2) is 10.6. The SMILES string of the molecule is CCC(CCNC(=O)c1cc(CO)cc(Cc2ccc(C#N)cc2)n1)C(C)C. The van der Waals surface area contributed by atoms with E-state index in [4.69, 9.17) is 5.26 Å². The number of carbonyl (C=O) groups excluding carboxylic acids is 1. The second-order valence-electron chi connectivity index (χ2n) is 7.45.